The maximum absolute atomic E-state index is 13.7. The number of nitrogens with one attached hydrogen (secondary N) is 2. The van der Waals surface area contributed by atoms with Gasteiger partial charge in [-0.3, -0.25) is 9.59 Å². The third kappa shape index (κ3) is 5.66. The van der Waals surface area contributed by atoms with Crippen LogP contribution >= 0.6 is 0 Å². The molecule has 0 atom stereocenters. The molecule has 0 radical (unpaired) electrons. The lowest BCUT2D eigenvalue weighted by Crippen LogP contribution is -2.65. The van der Waals surface area contributed by atoms with Gasteiger partial charge in [-0.2, -0.15) is 4.31 Å². The number of nitrogens with zero attached hydrogens (tertiary/aromatic N) is 1. The number of amides is 2. The van der Waals surface area contributed by atoms with Crippen LogP contribution in [0.3, 0.4) is 0 Å². The summed E-state index contributed by atoms with van der Waals surface area (Å²) >= 11 is 0. The summed E-state index contributed by atoms with van der Waals surface area (Å²) in [5.74, 6) is -0.421. The monoisotopic (exact) mass is 475 g/mol. The Balaban J connectivity index is 1.80. The van der Waals surface area contributed by atoms with Crippen molar-refractivity contribution < 1.29 is 18.0 Å². The van der Waals surface area contributed by atoms with Gasteiger partial charge in [0.1, 0.15) is 0 Å². The Labute approximate surface area is 198 Å². The van der Waals surface area contributed by atoms with Crippen molar-refractivity contribution in [2.24, 2.45) is 0 Å². The molecule has 2 aliphatic rings. The second-order valence-electron chi connectivity index (χ2n) is 10.5. The fourth-order valence-corrected chi connectivity index (χ4v) is 7.82. The van der Waals surface area contributed by atoms with Gasteiger partial charge in [-0.25, -0.2) is 8.42 Å². The number of piperidine rings is 1. The standard InChI is InChI=1S/C25H37N3O4S/c1-6-22(29)26-20-16-24(2,3)28(25(4,5)17-20)33(31,32)21-14-12-18(13-15-21)23(30)27-19-10-8-7-9-11-19/h6,12-15,19-20H,1,7-11,16-17H2,2-5H3,(H,26,29)(H,27,30). The summed E-state index contributed by atoms with van der Waals surface area (Å²) in [7, 11) is -3.84. The van der Waals surface area contributed by atoms with Gasteiger partial charge in [0.05, 0.1) is 4.90 Å². The van der Waals surface area contributed by atoms with E-state index in [-0.39, 0.29) is 28.8 Å². The summed E-state index contributed by atoms with van der Waals surface area (Å²) in [6.07, 6.45) is 7.65. The summed E-state index contributed by atoms with van der Waals surface area (Å²) in [5.41, 5.74) is -0.989. The molecule has 1 aromatic carbocycles. The van der Waals surface area contributed by atoms with Crippen molar-refractivity contribution in [2.75, 3.05) is 0 Å². The Morgan fingerprint density at radius 1 is 0.939 bits per heavy atom. The van der Waals surface area contributed by atoms with E-state index < -0.39 is 21.1 Å². The zero-order chi connectivity index (χ0) is 24.4. The van der Waals surface area contributed by atoms with E-state index in [1.807, 2.05) is 27.7 Å². The Bertz CT molecular complexity index is 975. The average Bonchev–Trinajstić information content (AvgIpc) is 2.72. The van der Waals surface area contributed by atoms with E-state index in [4.69, 9.17) is 0 Å². The average molecular weight is 476 g/mol. The Morgan fingerprint density at radius 3 is 2.00 bits per heavy atom. The van der Waals surface area contributed by atoms with Crippen LogP contribution in [-0.4, -0.2) is 47.7 Å². The first-order chi connectivity index (χ1) is 15.4. The maximum atomic E-state index is 13.7. The first-order valence-corrected chi connectivity index (χ1v) is 13.2. The van der Waals surface area contributed by atoms with Crippen molar-refractivity contribution in [3.8, 4) is 0 Å². The van der Waals surface area contributed by atoms with E-state index in [1.54, 1.807) is 16.4 Å². The third-order valence-electron chi connectivity index (χ3n) is 6.72. The molecule has 182 valence electrons. The topological polar surface area (TPSA) is 95.6 Å². The van der Waals surface area contributed by atoms with Gasteiger partial charge in [-0.05, 0) is 83.7 Å². The lowest BCUT2D eigenvalue weighted by atomic mass is 9.79. The molecule has 1 saturated heterocycles. The molecule has 2 N–H and O–H groups in total. The van der Waals surface area contributed by atoms with Crippen LogP contribution in [0.15, 0.2) is 41.8 Å². The highest BCUT2D eigenvalue weighted by Gasteiger charge is 2.51. The summed E-state index contributed by atoms with van der Waals surface area (Å²) in [6.45, 7) is 11.0. The van der Waals surface area contributed by atoms with E-state index in [9.17, 15) is 18.0 Å². The van der Waals surface area contributed by atoms with Crippen LogP contribution in [0, 0.1) is 0 Å². The van der Waals surface area contributed by atoms with Crippen molar-refractivity contribution in [3.63, 3.8) is 0 Å². The molecule has 2 amide bonds. The molecule has 1 aromatic rings. The predicted octanol–water partition coefficient (Wildman–Crippen LogP) is 3.76. The third-order valence-corrected chi connectivity index (χ3v) is 9.06. The summed E-state index contributed by atoms with van der Waals surface area (Å²) < 4.78 is 29.0. The van der Waals surface area contributed by atoms with Crippen LogP contribution in [0.4, 0.5) is 0 Å². The second kappa shape index (κ2) is 9.58. The fourth-order valence-electron chi connectivity index (χ4n) is 5.68. The summed E-state index contributed by atoms with van der Waals surface area (Å²) in [5, 5.41) is 5.99. The molecule has 33 heavy (non-hydrogen) atoms. The van der Waals surface area contributed by atoms with Gasteiger partial charge in [0.25, 0.3) is 5.91 Å². The Morgan fingerprint density at radius 2 is 1.48 bits per heavy atom. The zero-order valence-corrected chi connectivity index (χ0v) is 21.0. The van der Waals surface area contributed by atoms with Crippen molar-refractivity contribution >= 4 is 21.8 Å². The van der Waals surface area contributed by atoms with E-state index >= 15 is 0 Å². The highest BCUT2D eigenvalue weighted by atomic mass is 32.2. The molecule has 0 bridgehead atoms. The highest BCUT2D eigenvalue weighted by Crippen LogP contribution is 2.42. The van der Waals surface area contributed by atoms with Crippen molar-refractivity contribution in [2.45, 2.75) is 101 Å². The van der Waals surface area contributed by atoms with Crippen molar-refractivity contribution in [1.82, 2.24) is 14.9 Å². The van der Waals surface area contributed by atoms with E-state index in [0.29, 0.717) is 18.4 Å². The number of rotatable bonds is 6. The molecule has 3 rings (SSSR count). The number of sulfonamides is 1. The largest absolute Gasteiger partial charge is 0.350 e. The van der Waals surface area contributed by atoms with E-state index in [1.165, 1.54) is 24.6 Å². The normalized spacial score (nSPS) is 21.8. The van der Waals surface area contributed by atoms with Crippen LogP contribution in [-0.2, 0) is 14.8 Å². The minimum atomic E-state index is -3.84. The minimum Gasteiger partial charge on any atom is -0.350 e. The second-order valence-corrected chi connectivity index (χ2v) is 12.3. The number of hydrogen-bond acceptors (Lipinski definition) is 4. The van der Waals surface area contributed by atoms with E-state index in [2.05, 4.69) is 17.2 Å². The molecule has 1 heterocycles. The SMILES string of the molecule is C=CC(=O)NC1CC(C)(C)N(S(=O)(=O)c2ccc(C(=O)NC3CCCCC3)cc2)C(C)(C)C1. The van der Waals surface area contributed by atoms with Crippen LogP contribution in [0.25, 0.3) is 0 Å². The van der Waals surface area contributed by atoms with Crippen LogP contribution in [0.1, 0.15) is 83.0 Å². The molecule has 7 nitrogen and oxygen atoms in total. The number of hydrogen-bond donors (Lipinski definition) is 2. The molecule has 1 aliphatic carbocycles. The Kier molecular flexibility index (Phi) is 7.39. The smallest absolute Gasteiger partial charge is 0.251 e. The molecule has 2 fully saturated rings. The number of carbonyl (C=O) groups excluding carboxylic acids is 2. The number of carbonyl (C=O) groups is 2. The van der Waals surface area contributed by atoms with Gasteiger partial charge in [0.15, 0.2) is 0 Å². The minimum absolute atomic E-state index is 0.155. The fraction of sp³-hybridized carbons (Fsp3) is 0.600. The van der Waals surface area contributed by atoms with Crippen molar-refractivity contribution in [3.05, 3.63) is 42.5 Å². The first-order valence-electron chi connectivity index (χ1n) is 11.8. The van der Waals surface area contributed by atoms with Gasteiger partial charge < -0.3 is 10.6 Å². The van der Waals surface area contributed by atoms with Gasteiger partial charge in [-0.15, -0.1) is 0 Å². The number of benzene rings is 1. The summed E-state index contributed by atoms with van der Waals surface area (Å²) in [6, 6.07) is 6.24. The quantitative estimate of drug-likeness (QED) is 0.613. The van der Waals surface area contributed by atoms with Crippen LogP contribution in [0.5, 0.6) is 0 Å². The van der Waals surface area contributed by atoms with E-state index in [0.717, 1.165) is 25.7 Å². The molecule has 1 saturated carbocycles. The van der Waals surface area contributed by atoms with Gasteiger partial charge >= 0.3 is 0 Å². The van der Waals surface area contributed by atoms with Crippen LogP contribution < -0.4 is 10.6 Å². The molecular weight excluding hydrogens is 438 g/mol. The summed E-state index contributed by atoms with van der Waals surface area (Å²) in [4.78, 5) is 24.6. The lowest BCUT2D eigenvalue weighted by molar-refractivity contribution is -0.118. The molecule has 0 unspecified atom stereocenters. The van der Waals surface area contributed by atoms with Gasteiger partial charge in [-0.1, -0.05) is 25.8 Å². The predicted molar refractivity (Wildman–Crippen MR) is 129 cm³/mol. The van der Waals surface area contributed by atoms with Crippen LogP contribution in [0.2, 0.25) is 0 Å². The molecule has 0 aromatic heterocycles. The zero-order valence-electron chi connectivity index (χ0n) is 20.2. The van der Waals surface area contributed by atoms with Gasteiger partial charge in [0.2, 0.25) is 15.9 Å². The highest BCUT2D eigenvalue weighted by molar-refractivity contribution is 7.89. The molecule has 1 aliphatic heterocycles. The lowest BCUT2D eigenvalue weighted by Gasteiger charge is -2.53. The maximum Gasteiger partial charge on any atom is 0.251 e. The van der Waals surface area contributed by atoms with Gasteiger partial charge in [0, 0.05) is 28.7 Å². The Hall–Kier alpha value is -2.19. The molecule has 0 spiro atoms. The molecule has 8 heteroatoms. The van der Waals surface area contributed by atoms with Crippen molar-refractivity contribution in [1.29, 1.82) is 0 Å². The molecular formula is C25H37N3O4S. The first kappa shape index (κ1) is 25.4.